The van der Waals surface area contributed by atoms with Crippen LogP contribution >= 0.6 is 23.4 Å². The Hall–Kier alpha value is -3.68. The van der Waals surface area contributed by atoms with Crippen molar-refractivity contribution in [2.24, 2.45) is 10.2 Å². The van der Waals surface area contributed by atoms with E-state index < -0.39 is 0 Å². The highest BCUT2D eigenvalue weighted by Gasteiger charge is 2.30. The maximum Gasteiger partial charge on any atom is 0.239 e. The van der Waals surface area contributed by atoms with Gasteiger partial charge in [-0.3, -0.25) is 4.79 Å². The van der Waals surface area contributed by atoms with Gasteiger partial charge in [-0.2, -0.15) is 10.2 Å². The molecule has 6 nitrogen and oxygen atoms in total. The van der Waals surface area contributed by atoms with Crippen LogP contribution in [0.1, 0.15) is 11.1 Å². The average molecular weight is 486 g/mol. The number of halogens is 1. The zero-order valence-corrected chi connectivity index (χ0v) is 19.6. The molecule has 1 amide bonds. The Kier molecular flexibility index (Phi) is 6.56. The standard InChI is InChI=1S/C26H20ClN5OS/c27-22-14-8-7-11-19(22)15-23-25(33)29-26(34-23)30-28-16-20-17-32(21-12-5-2-6-13-21)31-24(20)18-9-3-1-4-10-18/h1-14,16-17,23H,15H2,(H,29,30,33)/b28-16+. The van der Waals surface area contributed by atoms with Gasteiger partial charge >= 0.3 is 0 Å². The van der Waals surface area contributed by atoms with Crippen molar-refractivity contribution in [3.63, 3.8) is 0 Å². The lowest BCUT2D eigenvalue weighted by atomic mass is 10.1. The number of aromatic nitrogens is 2. The Morgan fingerprint density at radius 1 is 1.00 bits per heavy atom. The van der Waals surface area contributed by atoms with Gasteiger partial charge < -0.3 is 5.32 Å². The van der Waals surface area contributed by atoms with E-state index in [0.717, 1.165) is 28.1 Å². The van der Waals surface area contributed by atoms with Gasteiger partial charge in [0, 0.05) is 22.3 Å². The summed E-state index contributed by atoms with van der Waals surface area (Å²) in [7, 11) is 0. The smallest absolute Gasteiger partial charge is 0.239 e. The van der Waals surface area contributed by atoms with Gasteiger partial charge in [-0.25, -0.2) is 4.68 Å². The zero-order valence-electron chi connectivity index (χ0n) is 18.0. The lowest BCUT2D eigenvalue weighted by molar-refractivity contribution is -0.118. The summed E-state index contributed by atoms with van der Waals surface area (Å²) in [4.78, 5) is 12.4. The van der Waals surface area contributed by atoms with E-state index in [9.17, 15) is 4.79 Å². The number of carbonyl (C=O) groups excluding carboxylic acids is 1. The van der Waals surface area contributed by atoms with Crippen molar-refractivity contribution >= 4 is 40.7 Å². The summed E-state index contributed by atoms with van der Waals surface area (Å²) >= 11 is 7.60. The monoisotopic (exact) mass is 485 g/mol. The predicted molar refractivity (Wildman–Crippen MR) is 139 cm³/mol. The topological polar surface area (TPSA) is 71.6 Å². The van der Waals surface area contributed by atoms with Gasteiger partial charge in [0.15, 0.2) is 5.17 Å². The summed E-state index contributed by atoms with van der Waals surface area (Å²) in [6.07, 6.45) is 4.11. The number of para-hydroxylation sites is 1. The largest absolute Gasteiger partial charge is 0.303 e. The van der Waals surface area contributed by atoms with E-state index in [1.165, 1.54) is 11.8 Å². The van der Waals surface area contributed by atoms with Crippen LogP contribution in [0.2, 0.25) is 5.02 Å². The van der Waals surface area contributed by atoms with E-state index in [4.69, 9.17) is 16.7 Å². The normalized spacial score (nSPS) is 16.9. The molecular formula is C26H20ClN5OS. The molecule has 1 fully saturated rings. The van der Waals surface area contributed by atoms with Crippen molar-refractivity contribution in [1.82, 2.24) is 15.1 Å². The Morgan fingerprint density at radius 2 is 1.71 bits per heavy atom. The van der Waals surface area contributed by atoms with E-state index in [2.05, 4.69) is 15.5 Å². The summed E-state index contributed by atoms with van der Waals surface area (Å²) in [5.41, 5.74) is 4.48. The van der Waals surface area contributed by atoms with Crippen LogP contribution in [0.3, 0.4) is 0 Å². The number of amidine groups is 1. The van der Waals surface area contributed by atoms with Crippen LogP contribution in [0.5, 0.6) is 0 Å². The minimum absolute atomic E-state index is 0.0965. The second-order valence-corrected chi connectivity index (χ2v) is 9.22. The fourth-order valence-electron chi connectivity index (χ4n) is 3.61. The molecule has 1 saturated heterocycles. The molecule has 34 heavy (non-hydrogen) atoms. The maximum atomic E-state index is 12.4. The van der Waals surface area contributed by atoms with Crippen LogP contribution in [0.25, 0.3) is 16.9 Å². The molecule has 0 radical (unpaired) electrons. The van der Waals surface area contributed by atoms with Gasteiger partial charge in [0.1, 0.15) is 5.69 Å². The first kappa shape index (κ1) is 22.1. The fourth-order valence-corrected chi connectivity index (χ4v) is 4.77. The number of thioether (sulfide) groups is 1. The summed E-state index contributed by atoms with van der Waals surface area (Å²) in [6.45, 7) is 0. The van der Waals surface area contributed by atoms with Gasteiger partial charge in [0.2, 0.25) is 5.91 Å². The molecule has 1 aliphatic rings. The van der Waals surface area contributed by atoms with Crippen LogP contribution in [0.15, 0.2) is 101 Å². The first-order valence-electron chi connectivity index (χ1n) is 10.7. The molecular weight excluding hydrogens is 466 g/mol. The number of rotatable bonds is 6. The second kappa shape index (κ2) is 10.1. The highest BCUT2D eigenvalue weighted by molar-refractivity contribution is 8.15. The number of nitrogens with zero attached hydrogens (tertiary/aromatic N) is 4. The van der Waals surface area contributed by atoms with E-state index in [1.807, 2.05) is 95.8 Å². The number of carbonyl (C=O) groups is 1. The minimum atomic E-state index is -0.297. The zero-order chi connectivity index (χ0) is 23.3. The van der Waals surface area contributed by atoms with Crippen LogP contribution < -0.4 is 5.32 Å². The van der Waals surface area contributed by atoms with Crippen LogP contribution in [0.4, 0.5) is 0 Å². The molecule has 0 bridgehead atoms. The molecule has 0 saturated carbocycles. The van der Waals surface area contributed by atoms with E-state index in [-0.39, 0.29) is 11.2 Å². The first-order chi connectivity index (χ1) is 16.7. The third kappa shape index (κ3) is 4.95. The molecule has 1 aromatic heterocycles. The highest BCUT2D eigenvalue weighted by Crippen LogP contribution is 2.27. The highest BCUT2D eigenvalue weighted by atomic mass is 35.5. The first-order valence-corrected chi connectivity index (χ1v) is 12.0. The van der Waals surface area contributed by atoms with Crippen LogP contribution in [-0.2, 0) is 11.2 Å². The molecule has 5 rings (SSSR count). The van der Waals surface area contributed by atoms with Crippen molar-refractivity contribution in [2.75, 3.05) is 0 Å². The summed E-state index contributed by atoms with van der Waals surface area (Å²) in [5, 5.41) is 16.9. The van der Waals surface area contributed by atoms with Gasteiger partial charge in [0.25, 0.3) is 0 Å². The molecule has 1 N–H and O–H groups in total. The van der Waals surface area contributed by atoms with Crippen molar-refractivity contribution in [2.45, 2.75) is 11.7 Å². The SMILES string of the molecule is O=C1N/C(=N\N=C\c2cn(-c3ccccc3)nc2-c2ccccc2)SC1Cc1ccccc1Cl. The number of amides is 1. The van der Waals surface area contributed by atoms with E-state index >= 15 is 0 Å². The molecule has 1 atom stereocenters. The third-order valence-electron chi connectivity index (χ3n) is 5.30. The molecule has 4 aromatic rings. The Morgan fingerprint density at radius 3 is 2.47 bits per heavy atom. The van der Waals surface area contributed by atoms with Crippen molar-refractivity contribution in [3.05, 3.63) is 107 Å². The molecule has 1 unspecified atom stereocenters. The molecule has 8 heteroatoms. The molecule has 3 aromatic carbocycles. The second-order valence-electron chi connectivity index (χ2n) is 7.62. The van der Waals surface area contributed by atoms with Crippen molar-refractivity contribution in [1.29, 1.82) is 0 Å². The van der Waals surface area contributed by atoms with Gasteiger partial charge in [0.05, 0.1) is 17.2 Å². The van der Waals surface area contributed by atoms with Gasteiger partial charge in [-0.05, 0) is 30.2 Å². The Balaban J connectivity index is 1.37. The Labute approximate surface area is 206 Å². The van der Waals surface area contributed by atoms with Gasteiger partial charge in [-0.15, -0.1) is 5.10 Å². The lowest BCUT2D eigenvalue weighted by Gasteiger charge is -2.06. The molecule has 0 aliphatic carbocycles. The molecule has 0 spiro atoms. The average Bonchev–Trinajstić information content (AvgIpc) is 3.45. The van der Waals surface area contributed by atoms with Crippen LogP contribution in [0, 0.1) is 0 Å². The number of nitrogens with one attached hydrogen (secondary N) is 1. The third-order valence-corrected chi connectivity index (χ3v) is 6.74. The van der Waals surface area contributed by atoms with Crippen molar-refractivity contribution < 1.29 is 4.79 Å². The van der Waals surface area contributed by atoms with E-state index in [0.29, 0.717) is 16.6 Å². The van der Waals surface area contributed by atoms with Crippen molar-refractivity contribution in [3.8, 4) is 16.9 Å². The summed E-state index contributed by atoms with van der Waals surface area (Å²) in [6, 6.07) is 27.4. The summed E-state index contributed by atoms with van der Waals surface area (Å²) < 4.78 is 1.82. The van der Waals surface area contributed by atoms with Gasteiger partial charge in [-0.1, -0.05) is 90.1 Å². The fraction of sp³-hybridized carbons (Fsp3) is 0.0769. The lowest BCUT2D eigenvalue weighted by Crippen LogP contribution is -2.26. The number of benzene rings is 3. The number of hydrogen-bond acceptors (Lipinski definition) is 5. The molecule has 1 aliphatic heterocycles. The minimum Gasteiger partial charge on any atom is -0.303 e. The molecule has 2 heterocycles. The maximum absolute atomic E-state index is 12.4. The summed E-state index contributed by atoms with van der Waals surface area (Å²) in [5.74, 6) is -0.0965. The number of hydrogen-bond donors (Lipinski definition) is 1. The predicted octanol–water partition coefficient (Wildman–Crippen LogP) is 5.36. The Bertz CT molecular complexity index is 1370. The quantitative estimate of drug-likeness (QED) is 0.295. The van der Waals surface area contributed by atoms with E-state index in [1.54, 1.807) is 6.21 Å². The van der Waals surface area contributed by atoms with Crippen LogP contribution in [-0.4, -0.2) is 32.3 Å². The molecule has 168 valence electrons.